The number of H-pyrrole nitrogens is 2. The highest BCUT2D eigenvalue weighted by atomic mass is 16.5. The number of carboxylic acid groups (broad SMARTS) is 1. The molecule has 0 spiro atoms. The molecule has 2 rings (SSSR count). The maximum atomic E-state index is 12.8. The number of nitrogens with zero attached hydrogens (tertiary/aromatic N) is 1. The molecule has 7 atom stereocenters. The lowest BCUT2D eigenvalue weighted by molar-refractivity contribution is -0.159. The number of amides is 1. The first kappa shape index (κ1) is 28.6. The van der Waals surface area contributed by atoms with E-state index >= 15 is 0 Å². The zero-order valence-corrected chi connectivity index (χ0v) is 19.4. The molecule has 0 aliphatic carbocycles. The minimum absolute atomic E-state index is 0.0881. The summed E-state index contributed by atoms with van der Waals surface area (Å²) < 4.78 is 6.23. The molecule has 1 amide bonds. The van der Waals surface area contributed by atoms with Crippen molar-refractivity contribution in [3.8, 4) is 0 Å². The van der Waals surface area contributed by atoms with Crippen molar-refractivity contribution in [2.24, 2.45) is 11.7 Å². The minimum Gasteiger partial charge on any atom is -0.480 e. The van der Waals surface area contributed by atoms with E-state index in [1.807, 2.05) is 4.98 Å². The topological polar surface area (TPSA) is 250 Å². The Morgan fingerprint density at radius 1 is 1.08 bits per heavy atom. The van der Waals surface area contributed by atoms with Crippen molar-refractivity contribution in [2.45, 2.75) is 57.1 Å². The van der Waals surface area contributed by atoms with Crippen molar-refractivity contribution in [3.05, 3.63) is 67.3 Å². The molecular weight excluding hydrogens is 482 g/mol. The lowest BCUT2D eigenvalue weighted by atomic mass is 9.92. The number of aliphatic carboxylic acids is 1. The molecule has 0 aromatic carbocycles. The van der Waals surface area contributed by atoms with Gasteiger partial charge in [-0.25, -0.2) is 9.59 Å². The van der Waals surface area contributed by atoms with Gasteiger partial charge < -0.3 is 41.2 Å². The second-order valence-corrected chi connectivity index (χ2v) is 8.20. The van der Waals surface area contributed by atoms with Crippen molar-refractivity contribution < 1.29 is 34.8 Å². The van der Waals surface area contributed by atoms with E-state index in [2.05, 4.69) is 10.3 Å². The molecule has 36 heavy (non-hydrogen) atoms. The van der Waals surface area contributed by atoms with Crippen LogP contribution in [0.15, 0.2) is 44.8 Å². The SMILES string of the molecule is CC(O)C(O)C(OCn1ccc(=O)[nH]c1=O)C(NC(=O)C(N)C(C)C(O)c1cccc(=O)[nH]1)C(=O)O. The summed E-state index contributed by atoms with van der Waals surface area (Å²) in [5, 5.41) is 42.5. The van der Waals surface area contributed by atoms with Gasteiger partial charge in [-0.1, -0.05) is 13.0 Å². The van der Waals surface area contributed by atoms with Gasteiger partial charge >= 0.3 is 11.7 Å². The van der Waals surface area contributed by atoms with Crippen molar-refractivity contribution in [3.63, 3.8) is 0 Å². The summed E-state index contributed by atoms with van der Waals surface area (Å²) in [5.41, 5.74) is 3.97. The third-order valence-corrected chi connectivity index (χ3v) is 5.50. The summed E-state index contributed by atoms with van der Waals surface area (Å²) in [5.74, 6) is -3.70. The van der Waals surface area contributed by atoms with Gasteiger partial charge in [-0.05, 0) is 13.0 Å². The zero-order valence-electron chi connectivity index (χ0n) is 19.4. The van der Waals surface area contributed by atoms with Crippen LogP contribution in [0.4, 0.5) is 0 Å². The number of hydrogen-bond acceptors (Lipinski definition) is 10. The normalized spacial score (nSPS) is 17.3. The number of carbonyl (C=O) groups is 2. The summed E-state index contributed by atoms with van der Waals surface area (Å²) in [7, 11) is 0. The van der Waals surface area contributed by atoms with Crippen molar-refractivity contribution >= 4 is 11.9 Å². The van der Waals surface area contributed by atoms with Crippen LogP contribution in [0.1, 0.15) is 25.6 Å². The van der Waals surface area contributed by atoms with Crippen LogP contribution in [0, 0.1) is 5.92 Å². The monoisotopic (exact) mass is 511 g/mol. The lowest BCUT2D eigenvalue weighted by Gasteiger charge is -2.32. The maximum absolute atomic E-state index is 12.8. The molecule has 0 fully saturated rings. The van der Waals surface area contributed by atoms with Gasteiger partial charge in [-0.3, -0.25) is 23.9 Å². The first-order valence-electron chi connectivity index (χ1n) is 10.8. The highest BCUT2D eigenvalue weighted by molar-refractivity contribution is 5.87. The summed E-state index contributed by atoms with van der Waals surface area (Å²) in [4.78, 5) is 63.7. The quantitative estimate of drug-likeness (QED) is 0.139. The van der Waals surface area contributed by atoms with Crippen LogP contribution in [0.25, 0.3) is 0 Å². The molecule has 2 heterocycles. The summed E-state index contributed by atoms with van der Waals surface area (Å²) in [6, 6.07) is 1.61. The van der Waals surface area contributed by atoms with Crippen LogP contribution in [0.2, 0.25) is 0 Å². The molecular formula is C21H29N5O10. The van der Waals surface area contributed by atoms with Crippen molar-refractivity contribution in [2.75, 3.05) is 0 Å². The molecule has 9 N–H and O–H groups in total. The molecule has 0 saturated heterocycles. The van der Waals surface area contributed by atoms with Gasteiger partial charge in [0, 0.05) is 29.9 Å². The van der Waals surface area contributed by atoms with Gasteiger partial charge in [0.2, 0.25) is 11.5 Å². The molecule has 198 valence electrons. The fourth-order valence-electron chi connectivity index (χ4n) is 3.27. The lowest BCUT2D eigenvalue weighted by Crippen LogP contribution is -2.60. The molecule has 0 aliphatic heterocycles. The van der Waals surface area contributed by atoms with E-state index < -0.39 is 77.8 Å². The predicted octanol–water partition coefficient (Wildman–Crippen LogP) is -3.42. The number of nitrogens with one attached hydrogen (secondary N) is 3. The molecule has 0 aliphatic rings. The number of aromatic nitrogens is 3. The smallest absolute Gasteiger partial charge is 0.330 e. The number of aliphatic hydroxyl groups excluding tert-OH is 3. The number of nitrogens with two attached hydrogens (primary N) is 1. The van der Waals surface area contributed by atoms with E-state index in [9.17, 15) is 44.4 Å². The van der Waals surface area contributed by atoms with Crippen LogP contribution >= 0.6 is 0 Å². The molecule has 7 unspecified atom stereocenters. The number of ether oxygens (including phenoxy) is 1. The van der Waals surface area contributed by atoms with Gasteiger partial charge in [0.15, 0.2) is 6.04 Å². The summed E-state index contributed by atoms with van der Waals surface area (Å²) in [6.07, 6.45) is -5.44. The number of carboxylic acids is 1. The predicted molar refractivity (Wildman–Crippen MR) is 123 cm³/mol. The molecule has 0 saturated carbocycles. The van der Waals surface area contributed by atoms with E-state index in [1.165, 1.54) is 25.1 Å². The van der Waals surface area contributed by atoms with E-state index in [0.29, 0.717) is 0 Å². The second-order valence-electron chi connectivity index (χ2n) is 8.20. The number of rotatable bonds is 12. The van der Waals surface area contributed by atoms with Crippen LogP contribution in [-0.2, 0) is 21.1 Å². The highest BCUT2D eigenvalue weighted by Crippen LogP contribution is 2.22. The molecule has 15 heteroatoms. The number of aliphatic hydroxyl groups is 3. The van der Waals surface area contributed by atoms with Crippen LogP contribution in [-0.4, -0.2) is 77.2 Å². The Bertz CT molecular complexity index is 1220. The maximum Gasteiger partial charge on any atom is 0.330 e. The third kappa shape index (κ3) is 7.19. The number of aromatic amines is 2. The van der Waals surface area contributed by atoms with Gasteiger partial charge in [0.05, 0.1) is 18.2 Å². The summed E-state index contributed by atoms with van der Waals surface area (Å²) in [6.45, 7) is 1.90. The standard InChI is InChI=1S/C21H29N5O10/c1-9(16(30)11-4-3-5-12(28)23-11)14(22)19(32)25-15(20(33)34)18(17(31)10(2)27)36-8-26-7-6-13(29)24-21(26)35/h3-7,9-10,14-18,27,30-31H,8,22H2,1-2H3,(H,23,28)(H,25,32)(H,33,34)(H,24,29,35). The molecule has 0 bridgehead atoms. The van der Waals surface area contributed by atoms with Crippen LogP contribution in [0.5, 0.6) is 0 Å². The van der Waals surface area contributed by atoms with Gasteiger partial charge in [0.25, 0.3) is 5.56 Å². The average molecular weight is 511 g/mol. The Morgan fingerprint density at radius 2 is 1.72 bits per heavy atom. The van der Waals surface area contributed by atoms with E-state index in [4.69, 9.17) is 10.5 Å². The van der Waals surface area contributed by atoms with E-state index in [1.54, 1.807) is 0 Å². The Kier molecular flexibility index (Phi) is 9.83. The number of hydrogen-bond donors (Lipinski definition) is 8. The Hall–Kier alpha value is -3.63. The second kappa shape index (κ2) is 12.4. The largest absolute Gasteiger partial charge is 0.480 e. The molecule has 2 aromatic rings. The minimum atomic E-state index is -1.95. The molecule has 0 radical (unpaired) electrons. The van der Waals surface area contributed by atoms with Crippen LogP contribution in [0.3, 0.4) is 0 Å². The molecule has 2 aromatic heterocycles. The first-order chi connectivity index (χ1) is 16.8. The van der Waals surface area contributed by atoms with E-state index in [0.717, 1.165) is 23.8 Å². The van der Waals surface area contributed by atoms with E-state index in [-0.39, 0.29) is 5.69 Å². The first-order valence-corrected chi connectivity index (χ1v) is 10.8. The third-order valence-electron chi connectivity index (χ3n) is 5.50. The Morgan fingerprint density at radius 3 is 2.28 bits per heavy atom. The Balaban J connectivity index is 2.23. The fraction of sp³-hybridized carbons (Fsp3) is 0.476. The highest BCUT2D eigenvalue weighted by Gasteiger charge is 2.40. The Labute approximate surface area is 203 Å². The summed E-state index contributed by atoms with van der Waals surface area (Å²) >= 11 is 0. The van der Waals surface area contributed by atoms with Crippen molar-refractivity contribution in [1.29, 1.82) is 0 Å². The van der Waals surface area contributed by atoms with Crippen molar-refractivity contribution in [1.82, 2.24) is 19.9 Å². The number of pyridine rings is 1. The average Bonchev–Trinajstić information content (AvgIpc) is 2.82. The zero-order chi connectivity index (χ0) is 27.2. The fourth-order valence-corrected chi connectivity index (χ4v) is 3.27. The van der Waals surface area contributed by atoms with Gasteiger partial charge in [0.1, 0.15) is 18.9 Å². The number of carbonyl (C=O) groups excluding carboxylic acids is 1. The van der Waals surface area contributed by atoms with Gasteiger partial charge in [-0.2, -0.15) is 0 Å². The van der Waals surface area contributed by atoms with Crippen LogP contribution < -0.4 is 27.9 Å². The molecule has 15 nitrogen and oxygen atoms in total. The van der Waals surface area contributed by atoms with Gasteiger partial charge in [-0.15, -0.1) is 0 Å².